The molecule has 2 rings (SSSR count). The first-order valence-electron chi connectivity index (χ1n) is 4.64. The maximum absolute atomic E-state index is 9.28. The van der Waals surface area contributed by atoms with E-state index >= 15 is 0 Å². The maximum Gasteiger partial charge on any atom is 0.243 e. The SMILES string of the molecule is OCCc1noc([C@@H]2CC(O)CN2)n1. The molecular weight excluding hydrogens is 186 g/mol. The van der Waals surface area contributed by atoms with Crippen molar-refractivity contribution in [2.45, 2.75) is 25.0 Å². The second-order valence-corrected chi connectivity index (χ2v) is 3.37. The summed E-state index contributed by atoms with van der Waals surface area (Å²) >= 11 is 0. The van der Waals surface area contributed by atoms with Crippen molar-refractivity contribution in [2.75, 3.05) is 13.2 Å². The number of aliphatic hydroxyl groups is 2. The van der Waals surface area contributed by atoms with Gasteiger partial charge in [0.2, 0.25) is 5.89 Å². The number of hydrogen-bond acceptors (Lipinski definition) is 6. The largest absolute Gasteiger partial charge is 0.396 e. The highest BCUT2D eigenvalue weighted by Crippen LogP contribution is 2.21. The van der Waals surface area contributed by atoms with Crippen LogP contribution in [-0.2, 0) is 6.42 Å². The molecule has 0 aliphatic carbocycles. The fraction of sp³-hybridized carbons (Fsp3) is 0.750. The molecule has 2 atom stereocenters. The second-order valence-electron chi connectivity index (χ2n) is 3.37. The number of hydrogen-bond donors (Lipinski definition) is 3. The molecule has 1 saturated heterocycles. The average Bonchev–Trinajstić information content (AvgIpc) is 2.74. The van der Waals surface area contributed by atoms with Gasteiger partial charge in [-0.2, -0.15) is 4.98 Å². The summed E-state index contributed by atoms with van der Waals surface area (Å²) in [7, 11) is 0. The number of aromatic nitrogens is 2. The molecule has 1 fully saturated rings. The monoisotopic (exact) mass is 199 g/mol. The summed E-state index contributed by atoms with van der Waals surface area (Å²) < 4.78 is 5.00. The van der Waals surface area contributed by atoms with Gasteiger partial charge in [0.15, 0.2) is 5.82 Å². The van der Waals surface area contributed by atoms with Gasteiger partial charge in [0, 0.05) is 13.0 Å². The Kier molecular flexibility index (Phi) is 2.76. The van der Waals surface area contributed by atoms with Crippen molar-refractivity contribution in [1.82, 2.24) is 15.5 Å². The minimum atomic E-state index is -0.340. The van der Waals surface area contributed by atoms with Gasteiger partial charge in [0.05, 0.1) is 18.8 Å². The predicted octanol–water partition coefficient (Wildman–Crippen LogP) is -1.00. The first-order chi connectivity index (χ1) is 6.79. The van der Waals surface area contributed by atoms with Crippen LogP contribution in [-0.4, -0.2) is 39.6 Å². The molecule has 2 heterocycles. The lowest BCUT2D eigenvalue weighted by Gasteiger charge is -2.01. The summed E-state index contributed by atoms with van der Waals surface area (Å²) in [5, 5.41) is 24.7. The van der Waals surface area contributed by atoms with Gasteiger partial charge in [-0.15, -0.1) is 0 Å². The van der Waals surface area contributed by atoms with Crippen molar-refractivity contribution in [3.05, 3.63) is 11.7 Å². The van der Waals surface area contributed by atoms with Crippen molar-refractivity contribution in [2.24, 2.45) is 0 Å². The Morgan fingerprint density at radius 3 is 3.07 bits per heavy atom. The standard InChI is InChI=1S/C8H13N3O3/c12-2-1-7-10-8(14-11-7)6-3-5(13)4-9-6/h5-6,9,12-13H,1-4H2/t5?,6-/m0/s1. The average molecular weight is 199 g/mol. The number of rotatable bonds is 3. The lowest BCUT2D eigenvalue weighted by molar-refractivity contribution is 0.191. The van der Waals surface area contributed by atoms with E-state index in [2.05, 4.69) is 15.5 Å². The van der Waals surface area contributed by atoms with Crippen LogP contribution in [0.4, 0.5) is 0 Å². The quantitative estimate of drug-likeness (QED) is 0.578. The molecule has 1 unspecified atom stereocenters. The third-order valence-corrected chi connectivity index (χ3v) is 2.22. The van der Waals surface area contributed by atoms with E-state index in [4.69, 9.17) is 9.63 Å². The molecule has 78 valence electrons. The van der Waals surface area contributed by atoms with Crippen molar-refractivity contribution >= 4 is 0 Å². The van der Waals surface area contributed by atoms with Gasteiger partial charge in [0.25, 0.3) is 0 Å². The van der Waals surface area contributed by atoms with Gasteiger partial charge < -0.3 is 20.1 Å². The third kappa shape index (κ3) is 1.92. The molecule has 0 bridgehead atoms. The van der Waals surface area contributed by atoms with Crippen LogP contribution in [0.2, 0.25) is 0 Å². The van der Waals surface area contributed by atoms with E-state index in [9.17, 15) is 5.11 Å². The van der Waals surface area contributed by atoms with Crippen LogP contribution in [0, 0.1) is 0 Å². The predicted molar refractivity (Wildman–Crippen MR) is 46.5 cm³/mol. The van der Waals surface area contributed by atoms with E-state index in [1.807, 2.05) is 0 Å². The van der Waals surface area contributed by atoms with E-state index in [-0.39, 0.29) is 18.8 Å². The topological polar surface area (TPSA) is 91.4 Å². The molecule has 6 nitrogen and oxygen atoms in total. The first kappa shape index (κ1) is 9.57. The van der Waals surface area contributed by atoms with Crippen LogP contribution in [0.5, 0.6) is 0 Å². The van der Waals surface area contributed by atoms with E-state index < -0.39 is 0 Å². The highest BCUT2D eigenvalue weighted by atomic mass is 16.5. The molecule has 0 saturated carbocycles. The molecule has 0 amide bonds. The molecular formula is C8H13N3O3. The molecule has 1 aliphatic heterocycles. The van der Waals surface area contributed by atoms with Crippen LogP contribution in [0.15, 0.2) is 4.52 Å². The van der Waals surface area contributed by atoms with Gasteiger partial charge in [-0.25, -0.2) is 0 Å². The number of β-amino-alcohol motifs (C(OH)–C–C–N with tert-alkyl or cyclic N) is 1. The van der Waals surface area contributed by atoms with E-state index in [0.717, 1.165) is 0 Å². The van der Waals surface area contributed by atoms with Gasteiger partial charge >= 0.3 is 0 Å². The molecule has 6 heteroatoms. The zero-order chi connectivity index (χ0) is 9.97. The molecule has 0 aromatic carbocycles. The Morgan fingerprint density at radius 2 is 2.43 bits per heavy atom. The minimum Gasteiger partial charge on any atom is -0.396 e. The second kappa shape index (κ2) is 4.04. The van der Waals surface area contributed by atoms with Crippen molar-refractivity contribution < 1.29 is 14.7 Å². The fourth-order valence-corrected chi connectivity index (χ4v) is 1.52. The van der Waals surface area contributed by atoms with E-state index in [0.29, 0.717) is 31.1 Å². The van der Waals surface area contributed by atoms with Gasteiger partial charge in [-0.05, 0) is 6.42 Å². The molecule has 1 aromatic rings. The van der Waals surface area contributed by atoms with Crippen LogP contribution < -0.4 is 5.32 Å². The third-order valence-electron chi connectivity index (χ3n) is 2.22. The molecule has 1 aromatic heterocycles. The Bertz CT molecular complexity index is 302. The van der Waals surface area contributed by atoms with Crippen LogP contribution in [0.25, 0.3) is 0 Å². The van der Waals surface area contributed by atoms with Gasteiger partial charge in [0.1, 0.15) is 0 Å². The highest BCUT2D eigenvalue weighted by Gasteiger charge is 2.27. The first-order valence-corrected chi connectivity index (χ1v) is 4.64. The number of nitrogens with one attached hydrogen (secondary N) is 1. The van der Waals surface area contributed by atoms with Crippen molar-refractivity contribution in [1.29, 1.82) is 0 Å². The molecule has 1 aliphatic rings. The number of nitrogens with zero attached hydrogens (tertiary/aromatic N) is 2. The lowest BCUT2D eigenvalue weighted by atomic mass is 10.2. The number of aliphatic hydroxyl groups excluding tert-OH is 2. The zero-order valence-electron chi connectivity index (χ0n) is 7.68. The van der Waals surface area contributed by atoms with Gasteiger partial charge in [-0.3, -0.25) is 0 Å². The fourth-order valence-electron chi connectivity index (χ4n) is 1.52. The van der Waals surface area contributed by atoms with Crippen molar-refractivity contribution in [3.8, 4) is 0 Å². The molecule has 14 heavy (non-hydrogen) atoms. The Morgan fingerprint density at radius 1 is 1.57 bits per heavy atom. The summed E-state index contributed by atoms with van der Waals surface area (Å²) in [5.74, 6) is 0.996. The summed E-state index contributed by atoms with van der Waals surface area (Å²) in [6.07, 6.45) is 0.660. The van der Waals surface area contributed by atoms with Crippen LogP contribution in [0.3, 0.4) is 0 Å². The van der Waals surface area contributed by atoms with Gasteiger partial charge in [-0.1, -0.05) is 5.16 Å². The van der Waals surface area contributed by atoms with Crippen LogP contribution >= 0.6 is 0 Å². The summed E-state index contributed by atoms with van der Waals surface area (Å²) in [6.45, 7) is 0.572. The molecule has 3 N–H and O–H groups in total. The summed E-state index contributed by atoms with van der Waals surface area (Å²) in [6, 6.07) is -0.0510. The Balaban J connectivity index is 2.02. The summed E-state index contributed by atoms with van der Waals surface area (Å²) in [4.78, 5) is 4.11. The maximum atomic E-state index is 9.28. The Labute approximate surface area is 80.9 Å². The molecule has 0 radical (unpaired) electrons. The van der Waals surface area contributed by atoms with E-state index in [1.54, 1.807) is 0 Å². The Hall–Kier alpha value is -0.980. The summed E-state index contributed by atoms with van der Waals surface area (Å²) in [5.41, 5.74) is 0. The normalized spacial score (nSPS) is 27.0. The highest BCUT2D eigenvalue weighted by molar-refractivity contribution is 4.97. The van der Waals surface area contributed by atoms with Crippen LogP contribution in [0.1, 0.15) is 24.2 Å². The van der Waals surface area contributed by atoms with E-state index in [1.165, 1.54) is 0 Å². The lowest BCUT2D eigenvalue weighted by Crippen LogP contribution is -2.15. The minimum absolute atomic E-state index is 0.0136. The van der Waals surface area contributed by atoms with Crippen molar-refractivity contribution in [3.63, 3.8) is 0 Å². The molecule has 0 spiro atoms. The smallest absolute Gasteiger partial charge is 0.243 e. The zero-order valence-corrected chi connectivity index (χ0v) is 7.68.